The first-order valence-corrected chi connectivity index (χ1v) is 22.8. The second kappa shape index (κ2) is 18.7. The first-order chi connectivity index (χ1) is 30.7. The Morgan fingerprint density at radius 1 is 1.00 bits per heavy atom. The van der Waals surface area contributed by atoms with Crippen molar-refractivity contribution >= 4 is 41.2 Å². The van der Waals surface area contributed by atoms with Gasteiger partial charge >= 0.3 is 30.1 Å². The number of ether oxygens (including phenoxy) is 5. The summed E-state index contributed by atoms with van der Waals surface area (Å²) < 4.78 is 72.7. The molecule has 1 aromatic heterocycles. The number of fused-ring (bicyclic) bond motifs is 3. The lowest BCUT2D eigenvalue weighted by molar-refractivity contribution is -0.174. The summed E-state index contributed by atoms with van der Waals surface area (Å²) in [6, 6.07) is 12.3. The molecule has 0 bridgehead atoms. The maximum Gasteiger partial charge on any atom is 0.471 e. The van der Waals surface area contributed by atoms with E-state index in [2.05, 4.69) is 18.8 Å². The number of aromatic nitrogens is 1. The average Bonchev–Trinajstić information content (AvgIpc) is 3.81. The SMILES string of the molecule is COC(=O)[C@@H]1C[C@@H](Oc2ccc3c(c2)C2(CCC(C(=O)OC)(N(C(=O)C(F)(F)F)c4cccc(Cl)c4)CC2)[C@@H](C[C@@H](C)COc2ccnc4c2[C@H](C)CCC4)C3)CN1C(=O)OC(C)(C)C. The zero-order valence-electron chi connectivity index (χ0n) is 38.1. The number of esters is 2. The van der Waals surface area contributed by atoms with Gasteiger partial charge in [0.25, 0.3) is 0 Å². The van der Waals surface area contributed by atoms with Gasteiger partial charge in [0.2, 0.25) is 0 Å². The number of hydrogen-bond acceptors (Lipinski definition) is 10. The molecule has 1 saturated carbocycles. The molecule has 4 aliphatic rings. The molecule has 2 amide bonds. The Labute approximate surface area is 383 Å². The number of amides is 2. The number of carbonyl (C=O) groups is 4. The molecule has 0 unspecified atom stereocenters. The predicted molar refractivity (Wildman–Crippen MR) is 236 cm³/mol. The fraction of sp³-hybridized carbons (Fsp3) is 0.571. The summed E-state index contributed by atoms with van der Waals surface area (Å²) >= 11 is 6.28. The minimum Gasteiger partial charge on any atom is -0.493 e. The first-order valence-electron chi connectivity index (χ1n) is 22.4. The number of alkyl halides is 3. The standard InChI is InChI=1S/C49H59ClF3N3O9/c1-29(28-63-40-16-21-54-38-13-8-10-30(2)41(38)40)22-32-23-31-14-15-35(64-36-26-39(42(57)61-6)55(27-36)45(60)65-46(3,4)5)25-37(31)47(32)17-19-48(20-18-47,44(59)62-7)56(43(58)49(51,52)53)34-12-9-11-33(50)24-34/h9,11-12,14-16,21,24-25,29-30,32,36,39H,8,10,13,17-20,22-23,26-28H2,1-7H3/t29-,30-,32+,36-,39+,47?,48?/m1/s1. The van der Waals surface area contributed by atoms with Crippen molar-refractivity contribution in [2.45, 2.75) is 140 Å². The van der Waals surface area contributed by atoms with Crippen LogP contribution in [0.15, 0.2) is 54.7 Å². The molecular weight excluding hydrogens is 867 g/mol. The number of methoxy groups -OCH3 is 2. The molecular formula is C49H59ClF3N3O9. The molecule has 1 spiro atoms. The van der Waals surface area contributed by atoms with Crippen LogP contribution in [0.4, 0.5) is 23.7 Å². The highest BCUT2D eigenvalue weighted by Gasteiger charge is 2.60. The highest BCUT2D eigenvalue weighted by molar-refractivity contribution is 6.31. The smallest absolute Gasteiger partial charge is 0.471 e. The van der Waals surface area contributed by atoms with Gasteiger partial charge in [-0.15, -0.1) is 0 Å². The Hall–Kier alpha value is -5.05. The zero-order chi connectivity index (χ0) is 47.1. The zero-order valence-corrected chi connectivity index (χ0v) is 38.9. The summed E-state index contributed by atoms with van der Waals surface area (Å²) in [7, 11) is 2.37. The second-order valence-electron chi connectivity index (χ2n) is 19.3. The van der Waals surface area contributed by atoms with E-state index in [9.17, 15) is 32.3 Å². The van der Waals surface area contributed by atoms with Gasteiger partial charge in [0.05, 0.1) is 27.4 Å². The number of anilines is 1. The molecule has 2 fully saturated rings. The van der Waals surface area contributed by atoms with E-state index in [0.29, 0.717) is 36.0 Å². The van der Waals surface area contributed by atoms with Crippen molar-refractivity contribution in [1.82, 2.24) is 9.88 Å². The van der Waals surface area contributed by atoms with E-state index in [4.69, 9.17) is 35.3 Å². The van der Waals surface area contributed by atoms with Crippen molar-refractivity contribution < 1.29 is 56.0 Å². The maximum atomic E-state index is 14.6. The molecule has 352 valence electrons. The third kappa shape index (κ3) is 9.76. The Bertz CT molecular complexity index is 2270. The highest BCUT2D eigenvalue weighted by Crippen LogP contribution is 2.58. The van der Waals surface area contributed by atoms with Crippen LogP contribution in [0.3, 0.4) is 0 Å². The average molecular weight is 926 g/mol. The van der Waals surface area contributed by atoms with Crippen molar-refractivity contribution in [3.8, 4) is 11.5 Å². The molecule has 65 heavy (non-hydrogen) atoms. The van der Waals surface area contributed by atoms with E-state index in [1.54, 1.807) is 27.0 Å². The number of halogens is 4. The van der Waals surface area contributed by atoms with Crippen LogP contribution in [0.2, 0.25) is 5.02 Å². The molecule has 3 aliphatic carbocycles. The minimum absolute atomic E-state index is 0.0388. The molecule has 16 heteroatoms. The van der Waals surface area contributed by atoms with Gasteiger partial charge in [0, 0.05) is 34.6 Å². The number of nitrogens with zero attached hydrogens (tertiary/aromatic N) is 3. The molecule has 7 rings (SSSR count). The molecule has 1 aliphatic heterocycles. The van der Waals surface area contributed by atoms with Gasteiger partial charge in [-0.25, -0.2) is 14.4 Å². The topological polar surface area (TPSA) is 134 Å². The van der Waals surface area contributed by atoms with E-state index >= 15 is 0 Å². The quantitative estimate of drug-likeness (QED) is 0.135. The lowest BCUT2D eigenvalue weighted by Gasteiger charge is -2.51. The van der Waals surface area contributed by atoms with Crippen molar-refractivity contribution in [2.75, 3.05) is 32.3 Å². The minimum atomic E-state index is -5.32. The van der Waals surface area contributed by atoms with Crippen molar-refractivity contribution in [3.63, 3.8) is 0 Å². The summed E-state index contributed by atoms with van der Waals surface area (Å²) in [5, 5.41) is 0.0967. The fourth-order valence-corrected chi connectivity index (χ4v) is 11.1. The summed E-state index contributed by atoms with van der Waals surface area (Å²) in [6.45, 7) is 10.0. The fourth-order valence-electron chi connectivity index (χ4n) is 10.9. The van der Waals surface area contributed by atoms with Gasteiger partial charge in [-0.2, -0.15) is 13.2 Å². The number of carbonyl (C=O) groups excluding carboxylic acids is 4. The Balaban J connectivity index is 1.22. The van der Waals surface area contributed by atoms with Gasteiger partial charge in [-0.1, -0.05) is 37.6 Å². The third-order valence-corrected chi connectivity index (χ3v) is 14.0. The molecule has 0 N–H and O–H groups in total. The molecule has 2 heterocycles. The van der Waals surface area contributed by atoms with Gasteiger partial charge in [0.15, 0.2) is 0 Å². The Morgan fingerprint density at radius 2 is 1.74 bits per heavy atom. The Morgan fingerprint density at radius 3 is 2.40 bits per heavy atom. The van der Waals surface area contributed by atoms with Crippen LogP contribution in [0.1, 0.15) is 114 Å². The summed E-state index contributed by atoms with van der Waals surface area (Å²) in [4.78, 5) is 60.2. The number of rotatable bonds is 11. The number of benzene rings is 2. The van der Waals surface area contributed by atoms with Crippen molar-refractivity contribution in [3.05, 3.63) is 82.1 Å². The lowest BCUT2D eigenvalue weighted by Crippen LogP contribution is -2.63. The number of aryl methyl sites for hydroxylation is 1. The number of hydrogen-bond donors (Lipinski definition) is 0. The molecule has 2 aromatic carbocycles. The van der Waals surface area contributed by atoms with Crippen LogP contribution in [-0.4, -0.2) is 90.7 Å². The second-order valence-corrected chi connectivity index (χ2v) is 19.7. The largest absolute Gasteiger partial charge is 0.493 e. The molecule has 1 saturated heterocycles. The van der Waals surface area contributed by atoms with E-state index in [1.807, 2.05) is 24.3 Å². The van der Waals surface area contributed by atoms with Crippen LogP contribution in [0.5, 0.6) is 11.5 Å². The van der Waals surface area contributed by atoms with Crippen molar-refractivity contribution in [2.24, 2.45) is 11.8 Å². The van der Waals surface area contributed by atoms with E-state index < -0.39 is 58.8 Å². The Kier molecular flexibility index (Phi) is 13.8. The first kappa shape index (κ1) is 47.9. The number of likely N-dealkylation sites (tertiary alicyclic amines) is 1. The van der Waals surface area contributed by atoms with Crippen LogP contribution in [0.25, 0.3) is 0 Å². The van der Waals surface area contributed by atoms with Crippen LogP contribution in [0, 0.1) is 11.8 Å². The van der Waals surface area contributed by atoms with Crippen LogP contribution in [-0.2, 0) is 46.9 Å². The van der Waals surface area contributed by atoms with Gasteiger partial charge in [0.1, 0.15) is 34.8 Å². The molecule has 5 atom stereocenters. The van der Waals surface area contributed by atoms with Gasteiger partial charge < -0.3 is 23.7 Å². The van der Waals surface area contributed by atoms with E-state index in [-0.39, 0.29) is 61.2 Å². The van der Waals surface area contributed by atoms with E-state index in [1.165, 1.54) is 36.3 Å². The van der Waals surface area contributed by atoms with Gasteiger partial charge in [-0.3, -0.25) is 19.6 Å². The number of pyridine rings is 1. The molecule has 3 aromatic rings. The van der Waals surface area contributed by atoms with Gasteiger partial charge in [-0.05, 0) is 149 Å². The highest BCUT2D eigenvalue weighted by atomic mass is 35.5. The third-order valence-electron chi connectivity index (χ3n) is 13.8. The van der Waals surface area contributed by atoms with Crippen LogP contribution < -0.4 is 14.4 Å². The maximum absolute atomic E-state index is 14.6. The predicted octanol–water partition coefficient (Wildman–Crippen LogP) is 9.70. The summed E-state index contributed by atoms with van der Waals surface area (Å²) in [5.74, 6) is -2.10. The summed E-state index contributed by atoms with van der Waals surface area (Å²) in [6.07, 6.45) is -0.0872. The van der Waals surface area contributed by atoms with E-state index in [0.717, 1.165) is 54.5 Å². The monoisotopic (exact) mass is 925 g/mol. The van der Waals surface area contributed by atoms with Crippen molar-refractivity contribution in [1.29, 1.82) is 0 Å². The normalized spacial score (nSPS) is 25.6. The molecule has 0 radical (unpaired) electrons. The van der Waals surface area contributed by atoms with Crippen LogP contribution >= 0.6 is 11.6 Å². The molecule has 12 nitrogen and oxygen atoms in total. The lowest BCUT2D eigenvalue weighted by atomic mass is 9.59. The summed E-state index contributed by atoms with van der Waals surface area (Å²) in [5.41, 5.74) is 0.542.